The van der Waals surface area contributed by atoms with Crippen LogP contribution in [0, 0.1) is 13.8 Å². The third-order valence-corrected chi connectivity index (χ3v) is 5.11. The van der Waals surface area contributed by atoms with Gasteiger partial charge in [-0.2, -0.15) is 4.52 Å². The molecule has 0 fully saturated rings. The van der Waals surface area contributed by atoms with Crippen LogP contribution >= 0.6 is 11.8 Å². The third-order valence-electron chi connectivity index (χ3n) is 4.19. The first-order valence-electron chi connectivity index (χ1n) is 8.55. The molecule has 0 saturated heterocycles. The molecular formula is C19H19N5O2S. The van der Waals surface area contributed by atoms with Gasteiger partial charge in [-0.15, -0.1) is 5.10 Å². The van der Waals surface area contributed by atoms with Gasteiger partial charge < -0.3 is 9.32 Å². The van der Waals surface area contributed by atoms with E-state index in [1.165, 1.54) is 11.8 Å². The van der Waals surface area contributed by atoms with Crippen molar-refractivity contribution in [3.8, 4) is 0 Å². The van der Waals surface area contributed by atoms with Crippen molar-refractivity contribution in [2.75, 3.05) is 12.8 Å². The van der Waals surface area contributed by atoms with E-state index in [1.54, 1.807) is 16.5 Å². The van der Waals surface area contributed by atoms with E-state index in [0.29, 0.717) is 17.5 Å². The van der Waals surface area contributed by atoms with Crippen LogP contribution in [0.4, 0.5) is 0 Å². The normalized spacial score (nSPS) is 11.4. The number of carbonyl (C=O) groups is 1. The van der Waals surface area contributed by atoms with Crippen LogP contribution in [-0.2, 0) is 11.3 Å². The van der Waals surface area contributed by atoms with Gasteiger partial charge in [0.25, 0.3) is 0 Å². The van der Waals surface area contributed by atoms with Crippen molar-refractivity contribution in [1.29, 1.82) is 0 Å². The van der Waals surface area contributed by atoms with E-state index in [4.69, 9.17) is 4.42 Å². The molecule has 0 saturated carbocycles. The van der Waals surface area contributed by atoms with Gasteiger partial charge in [0.15, 0.2) is 10.8 Å². The molecule has 0 radical (unpaired) electrons. The second kappa shape index (κ2) is 7.03. The van der Waals surface area contributed by atoms with Crippen LogP contribution in [-0.4, -0.2) is 43.2 Å². The second-order valence-electron chi connectivity index (χ2n) is 6.36. The van der Waals surface area contributed by atoms with Crippen molar-refractivity contribution in [1.82, 2.24) is 24.5 Å². The maximum absolute atomic E-state index is 12.5. The fraction of sp³-hybridized carbons (Fsp3) is 0.263. The van der Waals surface area contributed by atoms with Crippen molar-refractivity contribution in [2.45, 2.75) is 25.5 Å². The van der Waals surface area contributed by atoms with Crippen molar-refractivity contribution < 1.29 is 9.21 Å². The van der Waals surface area contributed by atoms with Gasteiger partial charge in [-0.25, -0.2) is 9.97 Å². The summed E-state index contributed by atoms with van der Waals surface area (Å²) in [6.07, 6.45) is 0. The summed E-state index contributed by atoms with van der Waals surface area (Å²) in [5.74, 6) is 2.53. The van der Waals surface area contributed by atoms with Gasteiger partial charge in [-0.3, -0.25) is 4.79 Å². The van der Waals surface area contributed by atoms with Crippen LogP contribution in [0.5, 0.6) is 0 Å². The number of benzene rings is 1. The molecule has 1 amide bonds. The van der Waals surface area contributed by atoms with Crippen LogP contribution in [0.3, 0.4) is 0 Å². The highest BCUT2D eigenvalue weighted by molar-refractivity contribution is 7.99. The van der Waals surface area contributed by atoms with E-state index >= 15 is 0 Å². The largest absolute Gasteiger partial charge is 0.464 e. The zero-order chi connectivity index (χ0) is 19.0. The molecule has 0 spiro atoms. The second-order valence-corrected chi connectivity index (χ2v) is 7.30. The predicted molar refractivity (Wildman–Crippen MR) is 104 cm³/mol. The molecule has 8 heteroatoms. The molecule has 0 unspecified atom stereocenters. The SMILES string of the molecule is Cc1nc2c3ccccc3nc(SCC(=O)N(C)Cc3ccc(C)o3)n2n1. The topological polar surface area (TPSA) is 76.5 Å². The number of hydrogen-bond acceptors (Lipinski definition) is 6. The number of fused-ring (bicyclic) bond motifs is 3. The highest BCUT2D eigenvalue weighted by Gasteiger charge is 2.16. The Morgan fingerprint density at radius 2 is 2.00 bits per heavy atom. The maximum atomic E-state index is 12.5. The molecule has 3 heterocycles. The molecule has 0 aliphatic carbocycles. The lowest BCUT2D eigenvalue weighted by atomic mass is 10.2. The lowest BCUT2D eigenvalue weighted by molar-refractivity contribution is -0.127. The highest BCUT2D eigenvalue weighted by atomic mass is 32.2. The van der Waals surface area contributed by atoms with Gasteiger partial charge in [-0.05, 0) is 38.1 Å². The summed E-state index contributed by atoms with van der Waals surface area (Å²) in [5.41, 5.74) is 1.60. The third kappa shape index (κ3) is 3.52. The van der Waals surface area contributed by atoms with E-state index in [2.05, 4.69) is 15.1 Å². The number of nitrogens with zero attached hydrogens (tertiary/aromatic N) is 5. The minimum atomic E-state index is -0.00556. The summed E-state index contributed by atoms with van der Waals surface area (Å²) in [4.78, 5) is 23.4. The average molecular weight is 381 g/mol. The molecule has 0 N–H and O–H groups in total. The first-order chi connectivity index (χ1) is 13.0. The van der Waals surface area contributed by atoms with Crippen molar-refractivity contribution in [2.24, 2.45) is 0 Å². The number of para-hydroxylation sites is 1. The van der Waals surface area contributed by atoms with Gasteiger partial charge in [0, 0.05) is 12.4 Å². The summed E-state index contributed by atoms with van der Waals surface area (Å²) in [6.45, 7) is 4.18. The molecule has 3 aromatic heterocycles. The molecule has 0 aliphatic heterocycles. The first-order valence-corrected chi connectivity index (χ1v) is 9.54. The lowest BCUT2D eigenvalue weighted by Crippen LogP contribution is -2.27. The molecule has 0 atom stereocenters. The summed E-state index contributed by atoms with van der Waals surface area (Å²) in [7, 11) is 1.77. The summed E-state index contributed by atoms with van der Waals surface area (Å²) < 4.78 is 7.25. The molecular weight excluding hydrogens is 362 g/mol. The molecule has 27 heavy (non-hydrogen) atoms. The number of carbonyl (C=O) groups excluding carboxylic acids is 1. The van der Waals surface area contributed by atoms with Crippen LogP contribution in [0.2, 0.25) is 0 Å². The van der Waals surface area contributed by atoms with Gasteiger partial charge >= 0.3 is 0 Å². The minimum absolute atomic E-state index is 0.00556. The number of hydrogen-bond donors (Lipinski definition) is 0. The predicted octanol–water partition coefficient (Wildman–Crippen LogP) is 3.24. The van der Waals surface area contributed by atoms with Gasteiger partial charge in [0.1, 0.15) is 17.3 Å². The zero-order valence-corrected chi connectivity index (χ0v) is 16.2. The van der Waals surface area contributed by atoms with Crippen molar-refractivity contribution in [3.63, 3.8) is 0 Å². The number of rotatable bonds is 5. The monoisotopic (exact) mass is 381 g/mol. The van der Waals surface area contributed by atoms with E-state index in [9.17, 15) is 4.79 Å². The molecule has 4 rings (SSSR count). The fourth-order valence-electron chi connectivity index (χ4n) is 2.86. The van der Waals surface area contributed by atoms with Crippen molar-refractivity contribution >= 4 is 34.2 Å². The number of aryl methyl sites for hydroxylation is 2. The van der Waals surface area contributed by atoms with Crippen LogP contribution in [0.1, 0.15) is 17.3 Å². The quantitative estimate of drug-likeness (QED) is 0.390. The van der Waals surface area contributed by atoms with Crippen LogP contribution in [0.25, 0.3) is 16.6 Å². The Bertz CT molecular complexity index is 1130. The minimum Gasteiger partial charge on any atom is -0.464 e. The molecule has 7 nitrogen and oxygen atoms in total. The summed E-state index contributed by atoms with van der Waals surface area (Å²) in [5, 5.41) is 6.04. The number of furan rings is 1. The standard InChI is InChI=1S/C19H19N5O2S/c1-12-8-9-14(26-12)10-23(3)17(25)11-27-19-21-16-7-5-4-6-15(16)18-20-13(2)22-24(18)19/h4-9H,10-11H2,1-3H3. The van der Waals surface area contributed by atoms with E-state index in [0.717, 1.165) is 28.1 Å². The van der Waals surface area contributed by atoms with E-state index < -0.39 is 0 Å². The zero-order valence-electron chi connectivity index (χ0n) is 15.3. The smallest absolute Gasteiger partial charge is 0.233 e. The first kappa shape index (κ1) is 17.5. The van der Waals surface area contributed by atoms with Gasteiger partial charge in [-0.1, -0.05) is 23.9 Å². The number of thioether (sulfide) groups is 1. The Hall–Kier alpha value is -2.87. The number of aromatic nitrogens is 4. The van der Waals surface area contributed by atoms with E-state index in [1.807, 2.05) is 50.2 Å². The Morgan fingerprint density at radius 1 is 1.19 bits per heavy atom. The summed E-state index contributed by atoms with van der Waals surface area (Å²) in [6, 6.07) is 11.6. The molecule has 0 aliphatic rings. The van der Waals surface area contributed by atoms with Crippen molar-refractivity contribution in [3.05, 3.63) is 53.7 Å². The number of amides is 1. The average Bonchev–Trinajstić information content (AvgIpc) is 3.24. The highest BCUT2D eigenvalue weighted by Crippen LogP contribution is 2.24. The molecule has 138 valence electrons. The molecule has 1 aromatic carbocycles. The Labute approximate surface area is 160 Å². The lowest BCUT2D eigenvalue weighted by Gasteiger charge is -2.15. The van der Waals surface area contributed by atoms with Gasteiger partial charge in [0.2, 0.25) is 5.91 Å². The molecule has 4 aromatic rings. The van der Waals surface area contributed by atoms with Gasteiger partial charge in [0.05, 0.1) is 17.8 Å². The Morgan fingerprint density at radius 3 is 2.78 bits per heavy atom. The van der Waals surface area contributed by atoms with Crippen LogP contribution in [0.15, 0.2) is 46.0 Å². The fourth-order valence-corrected chi connectivity index (χ4v) is 3.74. The van der Waals surface area contributed by atoms with E-state index in [-0.39, 0.29) is 11.7 Å². The molecule has 0 bridgehead atoms. The van der Waals surface area contributed by atoms with Crippen LogP contribution < -0.4 is 0 Å². The Kier molecular flexibility index (Phi) is 4.57. The summed E-state index contributed by atoms with van der Waals surface area (Å²) >= 11 is 1.36. The Balaban J connectivity index is 1.54. The maximum Gasteiger partial charge on any atom is 0.233 e.